The van der Waals surface area contributed by atoms with Crippen LogP contribution in [0.25, 0.3) is 0 Å². The van der Waals surface area contributed by atoms with Gasteiger partial charge in [-0.15, -0.1) is 11.6 Å². The predicted octanol–water partition coefficient (Wildman–Crippen LogP) is 4.43. The number of hydrogen-bond donors (Lipinski definition) is 0. The molecule has 0 aromatic heterocycles. The summed E-state index contributed by atoms with van der Waals surface area (Å²) in [5, 5.41) is 0. The van der Waals surface area contributed by atoms with Crippen molar-refractivity contribution in [3.05, 3.63) is 35.9 Å². The van der Waals surface area contributed by atoms with Gasteiger partial charge < -0.3 is 0 Å². The molecule has 1 aromatic rings. The minimum absolute atomic E-state index is 0.235. The standard InChI is InChI=1S/C13H19Cl/c1-10(2)13(14,11(3)4)12-8-6-5-7-9-12/h5-11H,1-4H3. The third-order valence-electron chi connectivity index (χ3n) is 2.90. The Morgan fingerprint density at radius 1 is 0.929 bits per heavy atom. The van der Waals surface area contributed by atoms with E-state index >= 15 is 0 Å². The van der Waals surface area contributed by atoms with Gasteiger partial charge in [-0.3, -0.25) is 0 Å². The Morgan fingerprint density at radius 3 is 1.71 bits per heavy atom. The van der Waals surface area contributed by atoms with Crippen LogP contribution in [0.5, 0.6) is 0 Å². The first-order valence-corrected chi connectivity index (χ1v) is 5.61. The van der Waals surface area contributed by atoms with Crippen molar-refractivity contribution in [2.24, 2.45) is 11.8 Å². The number of alkyl halides is 1. The second kappa shape index (κ2) is 4.35. The molecule has 78 valence electrons. The molecule has 0 aliphatic carbocycles. The van der Waals surface area contributed by atoms with E-state index in [-0.39, 0.29) is 4.87 Å². The third kappa shape index (κ3) is 1.95. The van der Waals surface area contributed by atoms with E-state index in [9.17, 15) is 0 Å². The van der Waals surface area contributed by atoms with Crippen LogP contribution in [0.4, 0.5) is 0 Å². The van der Waals surface area contributed by atoms with Gasteiger partial charge in [0, 0.05) is 0 Å². The van der Waals surface area contributed by atoms with Gasteiger partial charge in [-0.2, -0.15) is 0 Å². The molecule has 1 heteroatoms. The summed E-state index contributed by atoms with van der Waals surface area (Å²) in [4.78, 5) is -0.235. The van der Waals surface area contributed by atoms with E-state index in [4.69, 9.17) is 11.6 Å². The van der Waals surface area contributed by atoms with Crippen molar-refractivity contribution in [1.29, 1.82) is 0 Å². The van der Waals surface area contributed by atoms with E-state index in [0.717, 1.165) is 0 Å². The van der Waals surface area contributed by atoms with E-state index in [1.54, 1.807) is 0 Å². The molecule has 0 saturated heterocycles. The zero-order valence-corrected chi connectivity index (χ0v) is 10.2. The summed E-state index contributed by atoms with van der Waals surface area (Å²) in [5.74, 6) is 0.873. The van der Waals surface area contributed by atoms with Crippen molar-refractivity contribution >= 4 is 11.6 Å². The summed E-state index contributed by atoms with van der Waals surface area (Å²) in [6, 6.07) is 10.4. The molecule has 0 nitrogen and oxygen atoms in total. The Labute approximate surface area is 92.3 Å². The first-order valence-electron chi connectivity index (χ1n) is 5.24. The average molecular weight is 211 g/mol. The second-order valence-electron chi connectivity index (χ2n) is 4.44. The molecule has 0 heterocycles. The highest BCUT2D eigenvalue weighted by Gasteiger charge is 2.36. The van der Waals surface area contributed by atoms with Gasteiger partial charge in [0.1, 0.15) is 0 Å². The fourth-order valence-corrected chi connectivity index (χ4v) is 2.15. The molecule has 1 aromatic carbocycles. The highest BCUT2D eigenvalue weighted by Crippen LogP contribution is 2.43. The smallest absolute Gasteiger partial charge is 0.0740 e. The lowest BCUT2D eigenvalue weighted by Crippen LogP contribution is -2.31. The van der Waals surface area contributed by atoms with Crippen molar-refractivity contribution in [2.45, 2.75) is 32.6 Å². The third-order valence-corrected chi connectivity index (χ3v) is 3.99. The Morgan fingerprint density at radius 2 is 1.36 bits per heavy atom. The molecule has 14 heavy (non-hydrogen) atoms. The van der Waals surface area contributed by atoms with E-state index in [2.05, 4.69) is 52.0 Å². The minimum Gasteiger partial charge on any atom is -0.114 e. The molecule has 0 bridgehead atoms. The lowest BCUT2D eigenvalue weighted by Gasteiger charge is -2.35. The molecule has 0 aliphatic heterocycles. The molecule has 0 unspecified atom stereocenters. The topological polar surface area (TPSA) is 0 Å². The van der Waals surface area contributed by atoms with Crippen molar-refractivity contribution in [3.63, 3.8) is 0 Å². The molecule has 1 rings (SSSR count). The fraction of sp³-hybridized carbons (Fsp3) is 0.538. The quantitative estimate of drug-likeness (QED) is 0.648. The van der Waals surface area contributed by atoms with Crippen LogP contribution in [-0.4, -0.2) is 0 Å². The van der Waals surface area contributed by atoms with E-state index in [0.29, 0.717) is 11.8 Å². The molecular formula is C13H19Cl. The summed E-state index contributed by atoms with van der Waals surface area (Å²) < 4.78 is 0. The van der Waals surface area contributed by atoms with Gasteiger partial charge in [-0.25, -0.2) is 0 Å². The Hall–Kier alpha value is -0.490. The zero-order chi connectivity index (χ0) is 10.8. The van der Waals surface area contributed by atoms with Gasteiger partial charge in [0.15, 0.2) is 0 Å². The maximum Gasteiger partial charge on any atom is 0.0740 e. The van der Waals surface area contributed by atoms with E-state index in [1.165, 1.54) is 5.56 Å². The van der Waals surface area contributed by atoms with Gasteiger partial charge in [-0.1, -0.05) is 58.0 Å². The summed E-state index contributed by atoms with van der Waals surface area (Å²) in [5.41, 5.74) is 1.23. The summed E-state index contributed by atoms with van der Waals surface area (Å²) in [6.07, 6.45) is 0. The molecular weight excluding hydrogens is 192 g/mol. The van der Waals surface area contributed by atoms with E-state index < -0.39 is 0 Å². The van der Waals surface area contributed by atoms with Crippen LogP contribution in [0.2, 0.25) is 0 Å². The maximum atomic E-state index is 6.73. The molecule has 0 atom stereocenters. The van der Waals surface area contributed by atoms with Gasteiger partial charge >= 0.3 is 0 Å². The average Bonchev–Trinajstić information content (AvgIpc) is 2.17. The van der Waals surface area contributed by atoms with Crippen molar-refractivity contribution in [2.75, 3.05) is 0 Å². The first kappa shape index (κ1) is 11.6. The van der Waals surface area contributed by atoms with Gasteiger partial charge in [-0.05, 0) is 17.4 Å². The fourth-order valence-electron chi connectivity index (χ4n) is 2.03. The second-order valence-corrected chi connectivity index (χ2v) is 5.07. The van der Waals surface area contributed by atoms with Crippen LogP contribution in [0.1, 0.15) is 33.3 Å². The summed E-state index contributed by atoms with van der Waals surface area (Å²) in [7, 11) is 0. The van der Waals surface area contributed by atoms with Crippen LogP contribution < -0.4 is 0 Å². The Kier molecular flexibility index (Phi) is 3.60. The first-order chi connectivity index (χ1) is 6.49. The number of rotatable bonds is 3. The van der Waals surface area contributed by atoms with Crippen LogP contribution in [0.15, 0.2) is 30.3 Å². The van der Waals surface area contributed by atoms with Gasteiger partial charge in [0.05, 0.1) is 4.87 Å². The van der Waals surface area contributed by atoms with Crippen LogP contribution in [0.3, 0.4) is 0 Å². The van der Waals surface area contributed by atoms with Gasteiger partial charge in [0.25, 0.3) is 0 Å². The normalized spacial score (nSPS) is 12.5. The van der Waals surface area contributed by atoms with Crippen LogP contribution >= 0.6 is 11.6 Å². The van der Waals surface area contributed by atoms with Crippen LogP contribution in [0, 0.1) is 11.8 Å². The van der Waals surface area contributed by atoms with Crippen molar-refractivity contribution in [3.8, 4) is 0 Å². The lowest BCUT2D eigenvalue weighted by molar-refractivity contribution is 0.332. The maximum absolute atomic E-state index is 6.73. The Balaban J connectivity index is 3.13. The molecule has 0 saturated carbocycles. The zero-order valence-electron chi connectivity index (χ0n) is 9.42. The van der Waals surface area contributed by atoms with Crippen molar-refractivity contribution < 1.29 is 0 Å². The molecule has 0 radical (unpaired) electrons. The number of benzene rings is 1. The lowest BCUT2D eigenvalue weighted by atomic mass is 9.79. The number of halogens is 1. The molecule has 0 amide bonds. The van der Waals surface area contributed by atoms with E-state index in [1.807, 2.05) is 6.07 Å². The monoisotopic (exact) mass is 210 g/mol. The highest BCUT2D eigenvalue weighted by atomic mass is 35.5. The largest absolute Gasteiger partial charge is 0.114 e. The predicted molar refractivity (Wildman–Crippen MR) is 63.6 cm³/mol. The van der Waals surface area contributed by atoms with Crippen molar-refractivity contribution in [1.82, 2.24) is 0 Å². The molecule has 0 N–H and O–H groups in total. The SMILES string of the molecule is CC(C)C(Cl)(c1ccccc1)C(C)C. The summed E-state index contributed by atoms with van der Waals surface area (Å²) >= 11 is 6.73. The highest BCUT2D eigenvalue weighted by molar-refractivity contribution is 6.24. The van der Waals surface area contributed by atoms with Crippen LogP contribution in [-0.2, 0) is 4.87 Å². The molecule has 0 aliphatic rings. The summed E-state index contributed by atoms with van der Waals surface area (Å²) in [6.45, 7) is 8.72. The minimum atomic E-state index is -0.235. The molecule has 0 fully saturated rings. The Bertz CT molecular complexity index is 267. The number of hydrogen-bond acceptors (Lipinski definition) is 0. The van der Waals surface area contributed by atoms with Gasteiger partial charge in [0.2, 0.25) is 0 Å². The molecule has 0 spiro atoms.